The van der Waals surface area contributed by atoms with E-state index in [4.69, 9.17) is 4.74 Å². The van der Waals surface area contributed by atoms with Crippen LogP contribution in [0.15, 0.2) is 48.5 Å². The third-order valence-corrected chi connectivity index (χ3v) is 4.70. The third-order valence-electron chi connectivity index (χ3n) is 4.70. The van der Waals surface area contributed by atoms with Crippen molar-refractivity contribution in [1.29, 1.82) is 0 Å². The summed E-state index contributed by atoms with van der Waals surface area (Å²) >= 11 is 0. The van der Waals surface area contributed by atoms with E-state index in [9.17, 15) is 10.1 Å². The van der Waals surface area contributed by atoms with Crippen LogP contribution in [0.3, 0.4) is 0 Å². The van der Waals surface area contributed by atoms with Crippen LogP contribution in [-0.2, 0) is 13.0 Å². The Morgan fingerprint density at radius 1 is 1.20 bits per heavy atom. The summed E-state index contributed by atoms with van der Waals surface area (Å²) in [6.45, 7) is 4.43. The second-order valence-corrected chi connectivity index (χ2v) is 6.36. The van der Waals surface area contributed by atoms with Crippen LogP contribution in [0.5, 0.6) is 5.75 Å². The second kappa shape index (κ2) is 6.97. The third kappa shape index (κ3) is 3.36. The van der Waals surface area contributed by atoms with E-state index in [1.165, 1.54) is 5.56 Å². The van der Waals surface area contributed by atoms with Gasteiger partial charge in [0.25, 0.3) is 0 Å². The second-order valence-electron chi connectivity index (χ2n) is 6.36. The fourth-order valence-electron chi connectivity index (χ4n) is 3.26. The van der Waals surface area contributed by atoms with Crippen LogP contribution in [0.2, 0.25) is 0 Å². The summed E-state index contributed by atoms with van der Waals surface area (Å²) < 4.78 is 7.58. The van der Waals surface area contributed by atoms with E-state index in [1.54, 1.807) is 14.0 Å². The van der Waals surface area contributed by atoms with Gasteiger partial charge >= 0.3 is 0 Å². The van der Waals surface area contributed by atoms with E-state index < -0.39 is 6.04 Å². The molecule has 1 aromatic heterocycles. The highest BCUT2D eigenvalue weighted by atomic mass is 16.6. The van der Waals surface area contributed by atoms with Gasteiger partial charge in [0, 0.05) is 41.4 Å². The molecule has 0 spiro atoms. The average molecular weight is 338 g/mol. The molecule has 0 aliphatic carbocycles. The first-order chi connectivity index (χ1) is 12.0. The number of ether oxygens (including phenoxy) is 1. The van der Waals surface area contributed by atoms with Crippen LogP contribution in [0, 0.1) is 17.0 Å². The minimum Gasteiger partial charge on any atom is -0.497 e. The fraction of sp³-hybridized carbons (Fsp3) is 0.300. The zero-order valence-corrected chi connectivity index (χ0v) is 14.7. The molecule has 3 rings (SSSR count). The molecule has 2 aromatic carbocycles. The lowest BCUT2D eigenvalue weighted by Gasteiger charge is -2.09. The minimum absolute atomic E-state index is 0.222. The number of nitrogens with zero attached hydrogens (tertiary/aromatic N) is 2. The van der Waals surface area contributed by atoms with Crippen molar-refractivity contribution in [1.82, 2.24) is 4.57 Å². The summed E-state index contributed by atoms with van der Waals surface area (Å²) in [6, 6.07) is 15.5. The SMILES string of the molecule is COc1ccc2c(c1)c(C[C@H](C)[N+](=O)[O-])c(C)n2Cc1ccccc1. The van der Waals surface area contributed by atoms with Gasteiger partial charge < -0.3 is 9.30 Å². The lowest BCUT2D eigenvalue weighted by molar-refractivity contribution is -0.517. The monoisotopic (exact) mass is 338 g/mol. The Hall–Kier alpha value is -2.82. The van der Waals surface area contributed by atoms with Crippen molar-refractivity contribution in [2.75, 3.05) is 7.11 Å². The van der Waals surface area contributed by atoms with Crippen molar-refractivity contribution < 1.29 is 9.66 Å². The van der Waals surface area contributed by atoms with E-state index in [1.807, 2.05) is 43.3 Å². The molecular formula is C20H22N2O3. The van der Waals surface area contributed by atoms with E-state index >= 15 is 0 Å². The first-order valence-corrected chi connectivity index (χ1v) is 8.34. The molecule has 130 valence electrons. The summed E-state index contributed by atoms with van der Waals surface area (Å²) in [5, 5.41) is 12.2. The van der Waals surface area contributed by atoms with Gasteiger partial charge in [0.05, 0.1) is 7.11 Å². The molecule has 0 bridgehead atoms. The largest absolute Gasteiger partial charge is 0.497 e. The number of hydrogen-bond acceptors (Lipinski definition) is 3. The van der Waals surface area contributed by atoms with E-state index in [2.05, 4.69) is 16.7 Å². The Labute approximate surface area is 147 Å². The molecule has 0 fully saturated rings. The van der Waals surface area contributed by atoms with Crippen LogP contribution >= 0.6 is 0 Å². The van der Waals surface area contributed by atoms with E-state index in [0.717, 1.165) is 34.5 Å². The Bertz CT molecular complexity index is 900. The first-order valence-electron chi connectivity index (χ1n) is 8.34. The zero-order valence-electron chi connectivity index (χ0n) is 14.7. The number of fused-ring (bicyclic) bond motifs is 1. The molecular weight excluding hydrogens is 316 g/mol. The number of methoxy groups -OCH3 is 1. The molecule has 0 radical (unpaired) electrons. The van der Waals surface area contributed by atoms with Crippen molar-refractivity contribution >= 4 is 10.9 Å². The van der Waals surface area contributed by atoms with Gasteiger partial charge in [0.2, 0.25) is 6.04 Å². The summed E-state index contributed by atoms with van der Waals surface area (Å²) in [4.78, 5) is 10.9. The molecule has 0 saturated carbocycles. The van der Waals surface area contributed by atoms with Crippen LogP contribution in [-0.4, -0.2) is 22.6 Å². The number of rotatable bonds is 6. The smallest absolute Gasteiger partial charge is 0.214 e. The molecule has 0 saturated heterocycles. The van der Waals surface area contributed by atoms with Crippen LogP contribution < -0.4 is 4.74 Å². The zero-order chi connectivity index (χ0) is 18.0. The maximum Gasteiger partial charge on any atom is 0.214 e. The average Bonchev–Trinajstić information content (AvgIpc) is 2.87. The Morgan fingerprint density at radius 3 is 2.56 bits per heavy atom. The number of benzene rings is 2. The van der Waals surface area contributed by atoms with Crippen LogP contribution in [0.1, 0.15) is 23.7 Å². The molecule has 0 aliphatic heterocycles. The molecule has 0 unspecified atom stereocenters. The topological polar surface area (TPSA) is 57.3 Å². The van der Waals surface area contributed by atoms with Gasteiger partial charge in [-0.05, 0) is 36.2 Å². The molecule has 3 aromatic rings. The fourth-order valence-corrected chi connectivity index (χ4v) is 3.26. The van der Waals surface area contributed by atoms with Crippen LogP contribution in [0.4, 0.5) is 0 Å². The van der Waals surface area contributed by atoms with Gasteiger partial charge in [-0.2, -0.15) is 0 Å². The minimum atomic E-state index is -0.624. The Morgan fingerprint density at radius 2 is 1.92 bits per heavy atom. The highest BCUT2D eigenvalue weighted by Gasteiger charge is 2.21. The maximum absolute atomic E-state index is 11.1. The van der Waals surface area contributed by atoms with Gasteiger partial charge in [0.1, 0.15) is 5.75 Å². The van der Waals surface area contributed by atoms with Gasteiger partial charge in [-0.15, -0.1) is 0 Å². The van der Waals surface area contributed by atoms with E-state index in [0.29, 0.717) is 6.42 Å². The predicted molar refractivity (Wildman–Crippen MR) is 98.9 cm³/mol. The van der Waals surface area contributed by atoms with Crippen molar-refractivity contribution in [2.45, 2.75) is 32.9 Å². The van der Waals surface area contributed by atoms with Crippen LogP contribution in [0.25, 0.3) is 10.9 Å². The van der Waals surface area contributed by atoms with Gasteiger partial charge in [-0.25, -0.2) is 0 Å². The number of nitro groups is 1. The molecule has 1 heterocycles. The Balaban J connectivity index is 2.13. The lowest BCUT2D eigenvalue weighted by Crippen LogP contribution is -2.18. The highest BCUT2D eigenvalue weighted by molar-refractivity contribution is 5.87. The van der Waals surface area contributed by atoms with Gasteiger partial charge in [-0.3, -0.25) is 10.1 Å². The Kier molecular flexibility index (Phi) is 4.74. The summed E-state index contributed by atoms with van der Waals surface area (Å²) in [5.41, 5.74) is 4.37. The highest BCUT2D eigenvalue weighted by Crippen LogP contribution is 2.31. The molecule has 0 N–H and O–H groups in total. The predicted octanol–water partition coefficient (Wildman–Crippen LogP) is 4.21. The molecule has 5 heteroatoms. The summed E-state index contributed by atoms with van der Waals surface area (Å²) in [6.07, 6.45) is 0.407. The van der Waals surface area contributed by atoms with Gasteiger partial charge in [-0.1, -0.05) is 30.3 Å². The number of aromatic nitrogens is 1. The molecule has 5 nitrogen and oxygen atoms in total. The maximum atomic E-state index is 11.1. The summed E-state index contributed by atoms with van der Waals surface area (Å²) in [7, 11) is 1.63. The van der Waals surface area contributed by atoms with Gasteiger partial charge in [0.15, 0.2) is 0 Å². The summed E-state index contributed by atoms with van der Waals surface area (Å²) in [5.74, 6) is 0.763. The molecule has 1 atom stereocenters. The standard InChI is InChI=1S/C20H22N2O3/c1-14(22(23)24)11-18-15(2)21(13-16-7-5-4-6-8-16)20-10-9-17(25-3)12-19(18)20/h4-10,12,14H,11,13H2,1-3H3/t14-/m0/s1. The molecule has 0 amide bonds. The quantitative estimate of drug-likeness (QED) is 0.499. The first kappa shape index (κ1) is 17.0. The van der Waals surface area contributed by atoms with E-state index in [-0.39, 0.29) is 4.92 Å². The molecule has 25 heavy (non-hydrogen) atoms. The van der Waals surface area contributed by atoms with Crippen molar-refractivity contribution in [3.8, 4) is 5.75 Å². The van der Waals surface area contributed by atoms with Crippen molar-refractivity contribution in [3.05, 3.63) is 75.5 Å². The normalized spacial score (nSPS) is 12.3. The van der Waals surface area contributed by atoms with Crippen molar-refractivity contribution in [3.63, 3.8) is 0 Å². The molecule has 0 aliphatic rings. The lowest BCUT2D eigenvalue weighted by atomic mass is 10.0. The van der Waals surface area contributed by atoms with Crippen molar-refractivity contribution in [2.24, 2.45) is 0 Å². The number of hydrogen-bond donors (Lipinski definition) is 0.